The Kier molecular flexibility index (Phi) is 4.39. The Bertz CT molecular complexity index is 619. The van der Waals surface area contributed by atoms with Crippen LogP contribution in [0.4, 0.5) is 0 Å². The zero-order valence-electron chi connectivity index (χ0n) is 12.1. The van der Waals surface area contributed by atoms with E-state index in [9.17, 15) is 9.90 Å². The first-order valence-corrected chi connectivity index (χ1v) is 6.82. The summed E-state index contributed by atoms with van der Waals surface area (Å²) < 4.78 is 7.39. The zero-order valence-corrected chi connectivity index (χ0v) is 12.1. The zero-order chi connectivity index (χ0) is 14.7. The van der Waals surface area contributed by atoms with Crippen LogP contribution in [-0.4, -0.2) is 33.8 Å². The summed E-state index contributed by atoms with van der Waals surface area (Å²) >= 11 is 0. The molecule has 0 bridgehead atoms. The fourth-order valence-electron chi connectivity index (χ4n) is 2.32. The molecule has 20 heavy (non-hydrogen) atoms. The van der Waals surface area contributed by atoms with Gasteiger partial charge in [-0.1, -0.05) is 13.0 Å². The van der Waals surface area contributed by atoms with Crippen molar-refractivity contribution in [2.75, 3.05) is 7.11 Å². The molecule has 0 amide bonds. The number of aromatic nitrogens is 2. The quantitative estimate of drug-likeness (QED) is 0.881. The number of aryl methyl sites for hydroxylation is 1. The van der Waals surface area contributed by atoms with Gasteiger partial charge in [0.2, 0.25) is 0 Å². The van der Waals surface area contributed by atoms with E-state index in [-0.39, 0.29) is 11.7 Å². The minimum absolute atomic E-state index is 0.0523. The van der Waals surface area contributed by atoms with Crippen molar-refractivity contribution in [2.45, 2.75) is 39.3 Å². The maximum atomic E-state index is 11.3. The maximum Gasteiger partial charge on any atom is 0.337 e. The van der Waals surface area contributed by atoms with Gasteiger partial charge in [-0.3, -0.25) is 0 Å². The molecule has 2 rings (SSSR count). The molecule has 1 aromatic heterocycles. The van der Waals surface area contributed by atoms with Crippen LogP contribution in [0.5, 0.6) is 0 Å². The third kappa shape index (κ3) is 2.67. The van der Waals surface area contributed by atoms with Crippen LogP contribution in [-0.2, 0) is 17.7 Å². The molecule has 0 fully saturated rings. The highest BCUT2D eigenvalue weighted by Gasteiger charge is 2.17. The largest absolute Gasteiger partial charge is 0.478 e. The summed E-state index contributed by atoms with van der Waals surface area (Å²) in [5, 5.41) is 9.27. The molecule has 0 saturated heterocycles. The summed E-state index contributed by atoms with van der Waals surface area (Å²) in [6.45, 7) is 4.75. The Morgan fingerprint density at radius 1 is 1.50 bits per heavy atom. The van der Waals surface area contributed by atoms with Crippen LogP contribution in [0, 0.1) is 0 Å². The Morgan fingerprint density at radius 2 is 2.25 bits per heavy atom. The van der Waals surface area contributed by atoms with E-state index in [2.05, 4.69) is 16.5 Å². The number of methoxy groups -OCH3 is 1. The molecule has 1 heterocycles. The van der Waals surface area contributed by atoms with E-state index in [1.54, 1.807) is 19.2 Å². The number of para-hydroxylation sites is 1. The van der Waals surface area contributed by atoms with Gasteiger partial charge in [0.1, 0.15) is 11.3 Å². The van der Waals surface area contributed by atoms with Gasteiger partial charge < -0.3 is 14.4 Å². The molecule has 1 unspecified atom stereocenters. The normalized spacial score (nSPS) is 12.8. The molecule has 108 valence electrons. The van der Waals surface area contributed by atoms with Crippen LogP contribution in [0.1, 0.15) is 36.5 Å². The predicted octanol–water partition coefficient (Wildman–Crippen LogP) is 2.72. The Hall–Kier alpha value is -1.88. The van der Waals surface area contributed by atoms with E-state index >= 15 is 0 Å². The lowest BCUT2D eigenvalue weighted by molar-refractivity contribution is 0.0699. The number of ether oxygens (including phenoxy) is 1. The molecule has 0 spiro atoms. The summed E-state index contributed by atoms with van der Waals surface area (Å²) in [6.07, 6.45) is 1.84. The SMILES string of the molecule is CCCc1nc2c(C(=O)O)cccc2n1CC(C)OC. The highest BCUT2D eigenvalue weighted by Crippen LogP contribution is 2.22. The van der Waals surface area contributed by atoms with E-state index in [4.69, 9.17) is 4.74 Å². The summed E-state index contributed by atoms with van der Waals surface area (Å²) in [6, 6.07) is 5.27. The molecule has 1 atom stereocenters. The maximum absolute atomic E-state index is 11.3. The average molecular weight is 276 g/mol. The van der Waals surface area contributed by atoms with Crippen LogP contribution in [0.2, 0.25) is 0 Å². The van der Waals surface area contributed by atoms with E-state index < -0.39 is 5.97 Å². The number of hydrogen-bond acceptors (Lipinski definition) is 3. The van der Waals surface area contributed by atoms with E-state index in [0.29, 0.717) is 12.1 Å². The number of aromatic carboxylic acids is 1. The average Bonchev–Trinajstić information content (AvgIpc) is 2.77. The van der Waals surface area contributed by atoms with Gasteiger partial charge in [0, 0.05) is 13.5 Å². The lowest BCUT2D eigenvalue weighted by atomic mass is 10.2. The lowest BCUT2D eigenvalue weighted by Crippen LogP contribution is -2.16. The molecular weight excluding hydrogens is 256 g/mol. The van der Waals surface area contributed by atoms with Crippen molar-refractivity contribution < 1.29 is 14.6 Å². The number of carboxylic acids is 1. The molecule has 0 aliphatic heterocycles. The highest BCUT2D eigenvalue weighted by molar-refractivity contribution is 6.01. The van der Waals surface area contributed by atoms with Crippen LogP contribution in [0.25, 0.3) is 11.0 Å². The van der Waals surface area contributed by atoms with Gasteiger partial charge in [-0.15, -0.1) is 0 Å². The second-order valence-corrected chi connectivity index (χ2v) is 4.91. The van der Waals surface area contributed by atoms with Crippen molar-refractivity contribution in [3.8, 4) is 0 Å². The number of carbonyl (C=O) groups is 1. The van der Waals surface area contributed by atoms with Crippen LogP contribution < -0.4 is 0 Å². The third-order valence-electron chi connectivity index (χ3n) is 3.40. The molecule has 0 saturated carbocycles. The second-order valence-electron chi connectivity index (χ2n) is 4.91. The van der Waals surface area contributed by atoms with E-state index in [1.165, 1.54) is 0 Å². The molecule has 5 heteroatoms. The van der Waals surface area contributed by atoms with Crippen molar-refractivity contribution >= 4 is 17.0 Å². The summed E-state index contributed by atoms with van der Waals surface area (Å²) in [5.74, 6) is -0.0248. The number of benzene rings is 1. The van der Waals surface area contributed by atoms with Crippen molar-refractivity contribution in [2.24, 2.45) is 0 Å². The molecule has 2 aromatic rings. The first kappa shape index (κ1) is 14.5. The molecule has 0 radical (unpaired) electrons. The Balaban J connectivity index is 2.60. The fourth-order valence-corrected chi connectivity index (χ4v) is 2.32. The van der Waals surface area contributed by atoms with Crippen LogP contribution in [0.3, 0.4) is 0 Å². The highest BCUT2D eigenvalue weighted by atomic mass is 16.5. The Labute approximate surface area is 118 Å². The summed E-state index contributed by atoms with van der Waals surface area (Å²) in [7, 11) is 1.67. The number of hydrogen-bond donors (Lipinski definition) is 1. The fraction of sp³-hybridized carbons (Fsp3) is 0.467. The van der Waals surface area contributed by atoms with Crippen LogP contribution >= 0.6 is 0 Å². The van der Waals surface area contributed by atoms with Gasteiger partial charge >= 0.3 is 5.97 Å². The topological polar surface area (TPSA) is 64.3 Å². The Morgan fingerprint density at radius 3 is 2.85 bits per heavy atom. The smallest absolute Gasteiger partial charge is 0.337 e. The van der Waals surface area contributed by atoms with E-state index in [0.717, 1.165) is 24.2 Å². The van der Waals surface area contributed by atoms with Gasteiger partial charge in [-0.25, -0.2) is 9.78 Å². The molecular formula is C15H20N2O3. The second kappa shape index (κ2) is 6.05. The van der Waals surface area contributed by atoms with Gasteiger partial charge in [0.05, 0.1) is 23.7 Å². The molecule has 1 aromatic carbocycles. The first-order valence-electron chi connectivity index (χ1n) is 6.82. The van der Waals surface area contributed by atoms with Crippen molar-refractivity contribution in [1.82, 2.24) is 9.55 Å². The summed E-state index contributed by atoms with van der Waals surface area (Å²) in [5.41, 5.74) is 1.67. The summed E-state index contributed by atoms with van der Waals surface area (Å²) in [4.78, 5) is 15.8. The minimum atomic E-state index is -0.942. The lowest BCUT2D eigenvalue weighted by Gasteiger charge is -2.13. The molecule has 5 nitrogen and oxygen atoms in total. The van der Waals surface area contributed by atoms with Gasteiger partial charge in [-0.2, -0.15) is 0 Å². The monoisotopic (exact) mass is 276 g/mol. The standard InChI is InChI=1S/C15H20N2O3/c1-4-6-13-16-14-11(15(18)19)7-5-8-12(14)17(13)9-10(2)20-3/h5,7-8,10H,4,6,9H2,1-3H3,(H,18,19). The molecule has 0 aliphatic rings. The molecule has 0 aliphatic carbocycles. The van der Waals surface area contributed by atoms with Crippen molar-refractivity contribution in [3.05, 3.63) is 29.6 Å². The van der Waals surface area contributed by atoms with Crippen molar-refractivity contribution in [1.29, 1.82) is 0 Å². The number of rotatable bonds is 6. The van der Waals surface area contributed by atoms with Crippen LogP contribution in [0.15, 0.2) is 18.2 Å². The van der Waals surface area contributed by atoms with Crippen molar-refractivity contribution in [3.63, 3.8) is 0 Å². The van der Waals surface area contributed by atoms with Gasteiger partial charge in [0.25, 0.3) is 0 Å². The predicted molar refractivity (Wildman–Crippen MR) is 77.2 cm³/mol. The van der Waals surface area contributed by atoms with E-state index in [1.807, 2.05) is 13.0 Å². The number of fused-ring (bicyclic) bond motifs is 1. The number of imidazole rings is 1. The molecule has 1 N–H and O–H groups in total. The van der Waals surface area contributed by atoms with Gasteiger partial charge in [-0.05, 0) is 25.5 Å². The van der Waals surface area contributed by atoms with Gasteiger partial charge in [0.15, 0.2) is 0 Å². The number of nitrogens with zero attached hydrogens (tertiary/aromatic N) is 2. The first-order chi connectivity index (χ1) is 9.58. The third-order valence-corrected chi connectivity index (χ3v) is 3.40. The number of carboxylic acid groups (broad SMARTS) is 1. The minimum Gasteiger partial charge on any atom is -0.478 e.